The van der Waals surface area contributed by atoms with E-state index in [0.717, 1.165) is 17.5 Å². The smallest absolute Gasteiger partial charge is 0.258 e. The van der Waals surface area contributed by atoms with Crippen molar-refractivity contribution in [2.24, 2.45) is 0 Å². The predicted octanol–water partition coefficient (Wildman–Crippen LogP) is 5.10. The van der Waals surface area contributed by atoms with Crippen LogP contribution in [0.2, 0.25) is 0 Å². The van der Waals surface area contributed by atoms with Crippen molar-refractivity contribution < 1.29 is 13.9 Å². The second-order valence-electron chi connectivity index (χ2n) is 7.48. The lowest BCUT2D eigenvalue weighted by Crippen LogP contribution is -2.28. The lowest BCUT2D eigenvalue weighted by molar-refractivity contribution is -0.123. The maximum absolute atomic E-state index is 12.1. The summed E-state index contributed by atoms with van der Waals surface area (Å²) >= 11 is 0. The van der Waals surface area contributed by atoms with Gasteiger partial charge in [0.25, 0.3) is 5.91 Å². The third kappa shape index (κ3) is 5.09. The Kier molecular flexibility index (Phi) is 6.26. The molecule has 158 valence electrons. The number of nitrogens with zero attached hydrogens (tertiary/aromatic N) is 2. The van der Waals surface area contributed by atoms with Gasteiger partial charge in [0.05, 0.1) is 0 Å². The molecular weight excluding hydrogens is 390 g/mol. The van der Waals surface area contributed by atoms with E-state index in [9.17, 15) is 4.79 Å². The highest BCUT2D eigenvalue weighted by Crippen LogP contribution is 2.23. The van der Waals surface area contributed by atoms with Crippen LogP contribution in [0.4, 0.5) is 0 Å². The Bertz CT molecular complexity index is 1120. The summed E-state index contributed by atoms with van der Waals surface area (Å²) in [5, 5.41) is 2.88. The van der Waals surface area contributed by atoms with Crippen LogP contribution in [0.1, 0.15) is 37.3 Å². The Balaban J connectivity index is 1.27. The first-order valence-corrected chi connectivity index (χ1v) is 10.4. The van der Waals surface area contributed by atoms with Crippen molar-refractivity contribution in [3.63, 3.8) is 0 Å². The minimum absolute atomic E-state index is 0.0172. The van der Waals surface area contributed by atoms with Gasteiger partial charge in [0.1, 0.15) is 5.75 Å². The van der Waals surface area contributed by atoms with Crippen molar-refractivity contribution in [3.05, 3.63) is 78.0 Å². The van der Waals surface area contributed by atoms with Crippen LogP contribution in [0.15, 0.2) is 71.3 Å². The number of nitrogens with one attached hydrogen (secondary N) is 1. The van der Waals surface area contributed by atoms with E-state index in [0.29, 0.717) is 35.3 Å². The number of oxazole rings is 1. The van der Waals surface area contributed by atoms with Gasteiger partial charge in [-0.3, -0.25) is 4.79 Å². The molecule has 6 nitrogen and oxygen atoms in total. The van der Waals surface area contributed by atoms with Gasteiger partial charge >= 0.3 is 0 Å². The number of hydrogen-bond acceptors (Lipinski definition) is 5. The number of aromatic nitrogens is 2. The van der Waals surface area contributed by atoms with Gasteiger partial charge in [-0.25, -0.2) is 4.98 Å². The molecule has 4 aromatic rings. The number of hydrogen-bond donors (Lipinski definition) is 1. The molecule has 0 fully saturated rings. The van der Waals surface area contributed by atoms with Crippen LogP contribution >= 0.6 is 0 Å². The summed E-state index contributed by atoms with van der Waals surface area (Å²) in [4.78, 5) is 20.7. The first-order valence-electron chi connectivity index (χ1n) is 10.4. The fourth-order valence-electron chi connectivity index (χ4n) is 3.19. The average molecular weight is 415 g/mol. The normalized spacial score (nSPS) is 11.9. The number of carbonyl (C=O) groups excluding carboxylic acids is 1. The number of ether oxygens (including phenoxy) is 1. The van der Waals surface area contributed by atoms with Gasteiger partial charge in [-0.1, -0.05) is 38.1 Å². The Labute approximate surface area is 181 Å². The van der Waals surface area contributed by atoms with Crippen LogP contribution in [0.5, 0.6) is 5.75 Å². The summed E-state index contributed by atoms with van der Waals surface area (Å²) in [5.74, 6) is 1.57. The Morgan fingerprint density at radius 2 is 1.87 bits per heavy atom. The summed E-state index contributed by atoms with van der Waals surface area (Å²) < 4.78 is 11.3. The molecule has 4 rings (SSSR count). The van der Waals surface area contributed by atoms with Crippen LogP contribution < -0.4 is 10.1 Å². The molecule has 0 aliphatic carbocycles. The zero-order valence-corrected chi connectivity index (χ0v) is 17.7. The van der Waals surface area contributed by atoms with Crippen LogP contribution in [-0.4, -0.2) is 22.5 Å². The third-order valence-electron chi connectivity index (χ3n) is 5.29. The molecule has 0 saturated carbocycles. The summed E-state index contributed by atoms with van der Waals surface area (Å²) in [7, 11) is 0. The Morgan fingerprint density at radius 1 is 1.10 bits per heavy atom. The quantitative estimate of drug-likeness (QED) is 0.433. The summed E-state index contributed by atoms with van der Waals surface area (Å²) in [6.45, 7) is 4.77. The number of fused-ring (bicyclic) bond motifs is 1. The lowest BCUT2D eigenvalue weighted by Gasteiger charge is -2.11. The SMILES string of the molecule is CC[C@@H](C)c1ccc(OCC(=O)NCc2ccc(-c3nc4ncccc4o3)cc2)cc1. The molecule has 2 aromatic heterocycles. The maximum atomic E-state index is 12.1. The van der Waals surface area contributed by atoms with Gasteiger partial charge in [-0.15, -0.1) is 0 Å². The number of pyridine rings is 1. The van der Waals surface area contributed by atoms with E-state index in [2.05, 4.69) is 41.3 Å². The zero-order valence-electron chi connectivity index (χ0n) is 17.7. The minimum Gasteiger partial charge on any atom is -0.484 e. The van der Waals surface area contributed by atoms with Crippen LogP contribution in [0.25, 0.3) is 22.7 Å². The molecule has 31 heavy (non-hydrogen) atoms. The highest BCUT2D eigenvalue weighted by atomic mass is 16.5. The monoisotopic (exact) mass is 415 g/mol. The molecule has 1 N–H and O–H groups in total. The van der Waals surface area contributed by atoms with Gasteiger partial charge in [0.2, 0.25) is 5.89 Å². The number of carbonyl (C=O) groups is 1. The molecule has 0 saturated heterocycles. The molecule has 2 heterocycles. The molecule has 6 heteroatoms. The van der Waals surface area contributed by atoms with E-state index in [1.54, 1.807) is 6.20 Å². The Hall–Kier alpha value is -3.67. The summed E-state index contributed by atoms with van der Waals surface area (Å²) in [6.07, 6.45) is 2.78. The highest BCUT2D eigenvalue weighted by Gasteiger charge is 2.09. The van der Waals surface area contributed by atoms with E-state index in [1.165, 1.54) is 5.56 Å². The van der Waals surface area contributed by atoms with Gasteiger partial charge in [0, 0.05) is 18.3 Å². The van der Waals surface area contributed by atoms with Crippen molar-refractivity contribution in [2.45, 2.75) is 32.7 Å². The molecule has 0 radical (unpaired) electrons. The van der Waals surface area contributed by atoms with Crippen molar-refractivity contribution >= 4 is 17.1 Å². The first kappa shape index (κ1) is 20.6. The van der Waals surface area contributed by atoms with E-state index >= 15 is 0 Å². The standard InChI is InChI=1S/C25H25N3O3/c1-3-17(2)19-10-12-21(13-11-19)30-16-23(29)27-15-18-6-8-20(9-7-18)25-28-24-22(31-25)5-4-14-26-24/h4-14,17H,3,15-16H2,1-2H3,(H,27,29)/t17-/m1/s1. The molecule has 0 spiro atoms. The zero-order chi connectivity index (χ0) is 21.6. The highest BCUT2D eigenvalue weighted by molar-refractivity contribution is 5.77. The minimum atomic E-state index is -0.167. The molecular formula is C25H25N3O3. The second kappa shape index (κ2) is 9.43. The van der Waals surface area contributed by atoms with Gasteiger partial charge in [-0.2, -0.15) is 4.98 Å². The van der Waals surface area contributed by atoms with Gasteiger partial charge in [0.15, 0.2) is 17.8 Å². The molecule has 0 bridgehead atoms. The van der Waals surface area contributed by atoms with Crippen molar-refractivity contribution in [1.82, 2.24) is 15.3 Å². The maximum Gasteiger partial charge on any atom is 0.258 e. The van der Waals surface area contributed by atoms with Gasteiger partial charge in [-0.05, 0) is 59.9 Å². The predicted molar refractivity (Wildman–Crippen MR) is 120 cm³/mol. The molecule has 0 unspecified atom stereocenters. The number of benzene rings is 2. The van der Waals surface area contributed by atoms with Crippen molar-refractivity contribution in [1.29, 1.82) is 0 Å². The number of amides is 1. The fourth-order valence-corrected chi connectivity index (χ4v) is 3.19. The largest absolute Gasteiger partial charge is 0.484 e. The number of rotatable bonds is 8. The van der Waals surface area contributed by atoms with Crippen LogP contribution in [-0.2, 0) is 11.3 Å². The van der Waals surface area contributed by atoms with E-state index in [-0.39, 0.29) is 12.5 Å². The average Bonchev–Trinajstić information content (AvgIpc) is 3.26. The van der Waals surface area contributed by atoms with E-state index < -0.39 is 0 Å². The summed E-state index contributed by atoms with van der Waals surface area (Å²) in [6, 6.07) is 19.3. The molecule has 0 aliphatic heterocycles. The Morgan fingerprint density at radius 3 is 2.58 bits per heavy atom. The fraction of sp³-hybridized carbons (Fsp3) is 0.240. The van der Waals surface area contributed by atoms with Crippen molar-refractivity contribution in [3.8, 4) is 17.2 Å². The topological polar surface area (TPSA) is 77.2 Å². The third-order valence-corrected chi connectivity index (χ3v) is 5.29. The van der Waals surface area contributed by atoms with E-state index in [4.69, 9.17) is 9.15 Å². The van der Waals surface area contributed by atoms with Crippen molar-refractivity contribution in [2.75, 3.05) is 6.61 Å². The first-order chi connectivity index (χ1) is 15.1. The molecule has 1 atom stereocenters. The molecule has 1 amide bonds. The van der Waals surface area contributed by atoms with E-state index in [1.807, 2.05) is 48.5 Å². The molecule has 2 aromatic carbocycles. The second-order valence-corrected chi connectivity index (χ2v) is 7.48. The van der Waals surface area contributed by atoms with Gasteiger partial charge < -0.3 is 14.5 Å². The summed E-state index contributed by atoms with van der Waals surface area (Å²) in [5.41, 5.74) is 4.35. The molecule has 0 aliphatic rings. The van der Waals surface area contributed by atoms with Crippen LogP contribution in [0, 0.1) is 0 Å². The van der Waals surface area contributed by atoms with Crippen LogP contribution in [0.3, 0.4) is 0 Å². The lowest BCUT2D eigenvalue weighted by atomic mass is 9.99.